The highest BCUT2D eigenvalue weighted by Crippen LogP contribution is 2.22. The van der Waals surface area contributed by atoms with Gasteiger partial charge in [-0.15, -0.1) is 0 Å². The first kappa shape index (κ1) is 15.1. The highest BCUT2D eigenvalue weighted by Gasteiger charge is 2.14. The molecular formula is C16H12N2O4. The van der Waals surface area contributed by atoms with E-state index < -0.39 is 11.9 Å². The van der Waals surface area contributed by atoms with E-state index in [-0.39, 0.29) is 11.3 Å². The third-order valence-electron chi connectivity index (χ3n) is 2.98. The van der Waals surface area contributed by atoms with E-state index >= 15 is 0 Å². The second-order valence-electron chi connectivity index (χ2n) is 4.36. The van der Waals surface area contributed by atoms with Crippen LogP contribution in [0.4, 0.5) is 5.69 Å². The Morgan fingerprint density at radius 1 is 1.18 bits per heavy atom. The minimum Gasteiger partial charge on any atom is -0.497 e. The van der Waals surface area contributed by atoms with Crippen molar-refractivity contribution >= 4 is 17.6 Å². The Balaban J connectivity index is 2.27. The van der Waals surface area contributed by atoms with E-state index in [0.29, 0.717) is 16.9 Å². The molecule has 110 valence electrons. The average molecular weight is 296 g/mol. The van der Waals surface area contributed by atoms with Crippen LogP contribution in [0.1, 0.15) is 26.3 Å². The number of amides is 1. The van der Waals surface area contributed by atoms with Gasteiger partial charge in [-0.05, 0) is 42.5 Å². The maximum Gasteiger partial charge on any atom is 0.337 e. The number of aromatic carboxylic acids is 1. The van der Waals surface area contributed by atoms with Crippen molar-refractivity contribution in [2.75, 3.05) is 12.4 Å². The lowest BCUT2D eigenvalue weighted by atomic mass is 10.1. The Kier molecular flexibility index (Phi) is 4.39. The van der Waals surface area contributed by atoms with Crippen LogP contribution in [0.5, 0.6) is 5.75 Å². The van der Waals surface area contributed by atoms with Crippen LogP contribution in [-0.4, -0.2) is 24.1 Å². The molecule has 0 aliphatic carbocycles. The lowest BCUT2D eigenvalue weighted by Gasteiger charge is -2.10. The molecule has 0 saturated carbocycles. The van der Waals surface area contributed by atoms with Crippen LogP contribution in [-0.2, 0) is 0 Å². The second kappa shape index (κ2) is 6.41. The molecule has 2 N–H and O–H groups in total. The van der Waals surface area contributed by atoms with Crippen molar-refractivity contribution < 1.29 is 19.4 Å². The Bertz CT molecular complexity index is 761. The molecule has 22 heavy (non-hydrogen) atoms. The standard InChI is InChI=1S/C16H12N2O4/c1-22-12-6-7-14(13(8-12)16(20)21)18-15(19)11-4-2-10(9-17)3-5-11/h2-8H,1H3,(H,18,19)(H,20,21). The zero-order valence-electron chi connectivity index (χ0n) is 11.7. The number of hydrogen-bond donors (Lipinski definition) is 2. The highest BCUT2D eigenvalue weighted by atomic mass is 16.5. The van der Waals surface area contributed by atoms with Crippen molar-refractivity contribution in [1.29, 1.82) is 5.26 Å². The molecule has 2 rings (SSSR count). The first-order chi connectivity index (χ1) is 10.5. The molecular weight excluding hydrogens is 284 g/mol. The number of carbonyl (C=O) groups excluding carboxylic acids is 1. The Morgan fingerprint density at radius 2 is 1.86 bits per heavy atom. The van der Waals surface area contributed by atoms with E-state index in [1.807, 2.05) is 6.07 Å². The van der Waals surface area contributed by atoms with Gasteiger partial charge in [0.1, 0.15) is 5.75 Å². The number of carboxylic acid groups (broad SMARTS) is 1. The molecule has 0 fully saturated rings. The van der Waals surface area contributed by atoms with Gasteiger partial charge in [-0.25, -0.2) is 4.79 Å². The van der Waals surface area contributed by atoms with Gasteiger partial charge in [0.05, 0.1) is 30.0 Å². The zero-order chi connectivity index (χ0) is 16.1. The average Bonchev–Trinajstić information content (AvgIpc) is 2.55. The van der Waals surface area contributed by atoms with Crippen molar-refractivity contribution in [3.8, 4) is 11.8 Å². The summed E-state index contributed by atoms with van der Waals surface area (Å²) in [6.45, 7) is 0. The number of methoxy groups -OCH3 is 1. The number of hydrogen-bond acceptors (Lipinski definition) is 4. The van der Waals surface area contributed by atoms with Gasteiger partial charge in [-0.1, -0.05) is 0 Å². The van der Waals surface area contributed by atoms with Crippen LogP contribution < -0.4 is 10.1 Å². The molecule has 6 nitrogen and oxygen atoms in total. The normalized spacial score (nSPS) is 9.64. The van der Waals surface area contributed by atoms with Gasteiger partial charge in [0, 0.05) is 5.56 Å². The summed E-state index contributed by atoms with van der Waals surface area (Å²) >= 11 is 0. The van der Waals surface area contributed by atoms with Crippen LogP contribution in [0.3, 0.4) is 0 Å². The van der Waals surface area contributed by atoms with Gasteiger partial charge < -0.3 is 15.2 Å². The predicted molar refractivity (Wildman–Crippen MR) is 79.1 cm³/mol. The Morgan fingerprint density at radius 3 is 2.41 bits per heavy atom. The summed E-state index contributed by atoms with van der Waals surface area (Å²) in [6.07, 6.45) is 0. The van der Waals surface area contributed by atoms with E-state index in [1.165, 1.54) is 43.5 Å². The van der Waals surface area contributed by atoms with E-state index in [2.05, 4.69) is 5.32 Å². The van der Waals surface area contributed by atoms with Crippen molar-refractivity contribution in [3.63, 3.8) is 0 Å². The van der Waals surface area contributed by atoms with Crippen molar-refractivity contribution in [3.05, 3.63) is 59.2 Å². The number of ether oxygens (including phenoxy) is 1. The van der Waals surface area contributed by atoms with Crippen LogP contribution in [0.15, 0.2) is 42.5 Å². The van der Waals surface area contributed by atoms with Gasteiger partial charge in [-0.2, -0.15) is 5.26 Å². The van der Waals surface area contributed by atoms with Gasteiger partial charge in [0.25, 0.3) is 5.91 Å². The van der Waals surface area contributed by atoms with E-state index in [0.717, 1.165) is 0 Å². The summed E-state index contributed by atoms with van der Waals surface area (Å²) in [5.41, 5.74) is 0.863. The summed E-state index contributed by atoms with van der Waals surface area (Å²) in [5, 5.41) is 20.5. The highest BCUT2D eigenvalue weighted by molar-refractivity contribution is 6.07. The summed E-state index contributed by atoms with van der Waals surface area (Å²) in [4.78, 5) is 23.4. The van der Waals surface area contributed by atoms with Gasteiger partial charge >= 0.3 is 5.97 Å². The molecule has 0 unspecified atom stereocenters. The molecule has 0 spiro atoms. The molecule has 0 aromatic heterocycles. The number of nitrogens with one attached hydrogen (secondary N) is 1. The maximum atomic E-state index is 12.1. The number of benzene rings is 2. The van der Waals surface area contributed by atoms with E-state index in [9.17, 15) is 14.7 Å². The van der Waals surface area contributed by atoms with E-state index in [4.69, 9.17) is 10.00 Å². The fourth-order valence-corrected chi connectivity index (χ4v) is 1.83. The minimum atomic E-state index is -1.17. The fourth-order valence-electron chi connectivity index (χ4n) is 1.83. The van der Waals surface area contributed by atoms with Crippen LogP contribution >= 0.6 is 0 Å². The second-order valence-corrected chi connectivity index (χ2v) is 4.36. The molecule has 0 radical (unpaired) electrons. The maximum absolute atomic E-state index is 12.1. The van der Waals surface area contributed by atoms with Crippen molar-refractivity contribution in [1.82, 2.24) is 0 Å². The molecule has 2 aromatic rings. The monoisotopic (exact) mass is 296 g/mol. The van der Waals surface area contributed by atoms with Crippen molar-refractivity contribution in [2.45, 2.75) is 0 Å². The van der Waals surface area contributed by atoms with E-state index in [1.54, 1.807) is 6.07 Å². The Labute approximate surface area is 126 Å². The zero-order valence-corrected chi connectivity index (χ0v) is 11.7. The topological polar surface area (TPSA) is 99.4 Å². The molecule has 0 aliphatic heterocycles. The molecule has 6 heteroatoms. The number of carbonyl (C=O) groups is 2. The van der Waals surface area contributed by atoms with Crippen LogP contribution in [0.2, 0.25) is 0 Å². The third kappa shape index (κ3) is 3.22. The van der Waals surface area contributed by atoms with Gasteiger partial charge in [-0.3, -0.25) is 4.79 Å². The molecule has 0 atom stereocenters. The summed E-state index contributed by atoms with van der Waals surface area (Å²) in [6, 6.07) is 12.3. The molecule has 1 amide bonds. The summed E-state index contributed by atoms with van der Waals surface area (Å²) in [5.74, 6) is -1.25. The number of anilines is 1. The largest absolute Gasteiger partial charge is 0.497 e. The summed E-state index contributed by atoms with van der Waals surface area (Å²) in [7, 11) is 1.43. The van der Waals surface area contributed by atoms with Gasteiger partial charge in [0.15, 0.2) is 0 Å². The molecule has 2 aromatic carbocycles. The van der Waals surface area contributed by atoms with Crippen molar-refractivity contribution in [2.24, 2.45) is 0 Å². The summed E-state index contributed by atoms with van der Waals surface area (Å²) < 4.78 is 4.97. The molecule has 0 aliphatic rings. The molecule has 0 heterocycles. The number of nitriles is 1. The first-order valence-corrected chi connectivity index (χ1v) is 6.28. The van der Waals surface area contributed by atoms with Crippen LogP contribution in [0.25, 0.3) is 0 Å². The van der Waals surface area contributed by atoms with Crippen LogP contribution in [0, 0.1) is 11.3 Å². The molecule has 0 bridgehead atoms. The SMILES string of the molecule is COc1ccc(NC(=O)c2ccc(C#N)cc2)c(C(=O)O)c1. The lowest BCUT2D eigenvalue weighted by Crippen LogP contribution is -2.14. The number of carboxylic acids is 1. The molecule has 0 saturated heterocycles. The predicted octanol–water partition coefficient (Wildman–Crippen LogP) is 2.52. The first-order valence-electron chi connectivity index (χ1n) is 6.28. The smallest absolute Gasteiger partial charge is 0.337 e. The number of rotatable bonds is 4. The quantitative estimate of drug-likeness (QED) is 0.903. The third-order valence-corrected chi connectivity index (χ3v) is 2.98. The minimum absolute atomic E-state index is 0.0682. The Hall–Kier alpha value is -3.33. The lowest BCUT2D eigenvalue weighted by molar-refractivity contribution is 0.0697. The number of nitrogens with zero attached hydrogens (tertiary/aromatic N) is 1. The fraction of sp³-hybridized carbons (Fsp3) is 0.0625. The van der Waals surface area contributed by atoms with Gasteiger partial charge in [0.2, 0.25) is 0 Å².